The fraction of sp³-hybridized carbons (Fsp3) is 0.478. The lowest BCUT2D eigenvalue weighted by Crippen LogP contribution is -2.53. The van der Waals surface area contributed by atoms with Crippen LogP contribution in [0.25, 0.3) is 0 Å². The van der Waals surface area contributed by atoms with E-state index < -0.39 is 6.03 Å². The number of ether oxygens (including phenoxy) is 2. The lowest BCUT2D eigenvalue weighted by atomic mass is 9.94. The van der Waals surface area contributed by atoms with Gasteiger partial charge < -0.3 is 34.8 Å². The van der Waals surface area contributed by atoms with Crippen molar-refractivity contribution in [2.45, 2.75) is 51.4 Å². The fourth-order valence-electron chi connectivity index (χ4n) is 4.35. The van der Waals surface area contributed by atoms with E-state index in [-0.39, 0.29) is 43.1 Å². The Bertz CT molecular complexity index is 1080. The Hall–Kier alpha value is -3.60. The van der Waals surface area contributed by atoms with Crippen molar-refractivity contribution in [3.8, 4) is 5.75 Å². The van der Waals surface area contributed by atoms with E-state index in [9.17, 15) is 14.4 Å². The number of urea groups is 1. The Morgan fingerprint density at radius 1 is 1.21 bits per heavy atom. The van der Waals surface area contributed by atoms with Gasteiger partial charge in [0.2, 0.25) is 5.91 Å². The first-order valence-corrected chi connectivity index (χ1v) is 11.2. The van der Waals surface area contributed by atoms with Crippen LogP contribution >= 0.6 is 0 Å². The summed E-state index contributed by atoms with van der Waals surface area (Å²) in [4.78, 5) is 39.2. The van der Waals surface area contributed by atoms with Crippen LogP contribution in [0.4, 0.5) is 16.2 Å². The molecule has 1 saturated heterocycles. The molecule has 1 aromatic heterocycles. The number of anilines is 2. The molecule has 0 radical (unpaired) electrons. The highest BCUT2D eigenvalue weighted by atomic mass is 16.5. The summed E-state index contributed by atoms with van der Waals surface area (Å²) in [7, 11) is 3.33. The van der Waals surface area contributed by atoms with Crippen LogP contribution in [0.15, 0.2) is 22.7 Å². The number of rotatable bonds is 4. The third-order valence-electron chi connectivity index (χ3n) is 6.23. The van der Waals surface area contributed by atoms with Crippen molar-refractivity contribution in [3.63, 3.8) is 0 Å². The Labute approximate surface area is 197 Å². The minimum absolute atomic E-state index is 0.0802. The van der Waals surface area contributed by atoms with Gasteiger partial charge in [-0.05, 0) is 44.9 Å². The molecule has 2 aromatic rings. The number of benzene rings is 1. The molecule has 1 aromatic carbocycles. The molecule has 1 fully saturated rings. The monoisotopic (exact) mass is 471 g/mol. The van der Waals surface area contributed by atoms with Crippen LogP contribution in [0.3, 0.4) is 0 Å². The number of carbonyl (C=O) groups is 3. The average Bonchev–Trinajstić information content (AvgIpc) is 3.13. The molecule has 4 amide bonds. The summed E-state index contributed by atoms with van der Waals surface area (Å²) in [5, 5.41) is 11.9. The summed E-state index contributed by atoms with van der Waals surface area (Å²) >= 11 is 0. The number of nitrogens with one attached hydrogen (secondary N) is 3. The SMILES string of the molecule is CNC(=O)C[C@@H]1CC[C@H]2[C@@H](COc3ccc(NC(=O)Nc4c(C)noc4C)cc3C(=O)N2C)O1. The highest BCUT2D eigenvalue weighted by molar-refractivity contribution is 6.03. The number of aryl methyl sites for hydroxylation is 2. The molecule has 3 heterocycles. The summed E-state index contributed by atoms with van der Waals surface area (Å²) in [5.74, 6) is 0.595. The zero-order chi connectivity index (χ0) is 24.4. The number of hydrogen-bond donors (Lipinski definition) is 3. The van der Waals surface area contributed by atoms with Crippen molar-refractivity contribution in [2.24, 2.45) is 0 Å². The highest BCUT2D eigenvalue weighted by Crippen LogP contribution is 2.32. The van der Waals surface area contributed by atoms with Gasteiger partial charge in [-0.1, -0.05) is 5.16 Å². The molecule has 2 aliphatic rings. The van der Waals surface area contributed by atoms with E-state index in [0.29, 0.717) is 47.0 Å². The second-order valence-electron chi connectivity index (χ2n) is 8.53. The van der Waals surface area contributed by atoms with E-state index >= 15 is 0 Å². The van der Waals surface area contributed by atoms with Crippen molar-refractivity contribution in [2.75, 3.05) is 31.3 Å². The zero-order valence-corrected chi connectivity index (χ0v) is 19.6. The maximum absolute atomic E-state index is 13.3. The van der Waals surface area contributed by atoms with Gasteiger partial charge in [0.25, 0.3) is 5.91 Å². The second kappa shape index (κ2) is 9.72. The van der Waals surface area contributed by atoms with E-state index in [1.807, 2.05) is 0 Å². The van der Waals surface area contributed by atoms with Crippen molar-refractivity contribution >= 4 is 29.2 Å². The lowest BCUT2D eigenvalue weighted by Gasteiger charge is -2.42. The molecule has 0 saturated carbocycles. The Kier molecular flexibility index (Phi) is 6.73. The summed E-state index contributed by atoms with van der Waals surface area (Å²) in [6.45, 7) is 3.68. The van der Waals surface area contributed by atoms with Crippen molar-refractivity contribution in [1.29, 1.82) is 0 Å². The summed E-state index contributed by atoms with van der Waals surface area (Å²) < 4.78 is 17.1. The predicted octanol–water partition coefficient (Wildman–Crippen LogP) is 2.45. The Morgan fingerprint density at radius 2 is 2.00 bits per heavy atom. The van der Waals surface area contributed by atoms with Gasteiger partial charge in [0.15, 0.2) is 5.76 Å². The molecule has 2 aliphatic heterocycles. The molecule has 3 atom stereocenters. The van der Waals surface area contributed by atoms with Gasteiger partial charge in [0.1, 0.15) is 29.8 Å². The van der Waals surface area contributed by atoms with Gasteiger partial charge in [0, 0.05) is 19.8 Å². The maximum atomic E-state index is 13.3. The minimum atomic E-state index is -0.482. The van der Waals surface area contributed by atoms with E-state index in [4.69, 9.17) is 14.0 Å². The predicted molar refractivity (Wildman–Crippen MR) is 123 cm³/mol. The molecular formula is C23H29N5O6. The number of amides is 4. The normalized spacial score (nSPS) is 21.9. The number of carbonyl (C=O) groups excluding carboxylic acids is 3. The smallest absolute Gasteiger partial charge is 0.323 e. The molecule has 11 nitrogen and oxygen atoms in total. The van der Waals surface area contributed by atoms with Crippen LogP contribution < -0.4 is 20.7 Å². The van der Waals surface area contributed by atoms with Gasteiger partial charge in [-0.25, -0.2) is 4.79 Å². The van der Waals surface area contributed by atoms with E-state index in [2.05, 4.69) is 21.1 Å². The molecule has 34 heavy (non-hydrogen) atoms. The van der Waals surface area contributed by atoms with E-state index in [0.717, 1.165) is 0 Å². The fourth-order valence-corrected chi connectivity index (χ4v) is 4.35. The molecule has 0 bridgehead atoms. The Morgan fingerprint density at radius 3 is 2.71 bits per heavy atom. The van der Waals surface area contributed by atoms with E-state index in [1.54, 1.807) is 51.0 Å². The maximum Gasteiger partial charge on any atom is 0.323 e. The standard InChI is InChI=1S/C23H29N5O6/c1-12-21(13(2)34-27-12)26-23(31)25-14-5-8-18-16(9-14)22(30)28(4)17-7-6-15(10-20(29)24-3)33-19(17)11-32-18/h5,8-9,15,17,19H,6-7,10-11H2,1-4H3,(H,24,29)(H2,25,26,31)/t15-,17-,19+/m0/s1. The third kappa shape index (κ3) is 4.84. The van der Waals surface area contributed by atoms with Crippen molar-refractivity contribution in [1.82, 2.24) is 15.4 Å². The minimum Gasteiger partial charge on any atom is -0.490 e. The lowest BCUT2D eigenvalue weighted by molar-refractivity contribution is -0.133. The third-order valence-corrected chi connectivity index (χ3v) is 6.23. The van der Waals surface area contributed by atoms with Gasteiger partial charge in [-0.2, -0.15) is 0 Å². The van der Waals surface area contributed by atoms with E-state index in [1.165, 1.54) is 0 Å². The number of hydrogen-bond acceptors (Lipinski definition) is 7. The van der Waals surface area contributed by atoms with Crippen LogP contribution in [0.1, 0.15) is 41.1 Å². The first kappa shape index (κ1) is 23.6. The van der Waals surface area contributed by atoms with Crippen LogP contribution in [0.2, 0.25) is 0 Å². The quantitative estimate of drug-likeness (QED) is 0.623. The molecule has 0 unspecified atom stereocenters. The van der Waals surface area contributed by atoms with Gasteiger partial charge in [-0.15, -0.1) is 0 Å². The summed E-state index contributed by atoms with van der Waals surface area (Å²) in [5.41, 5.74) is 1.86. The number of aromatic nitrogens is 1. The van der Waals surface area contributed by atoms with Gasteiger partial charge in [0.05, 0.1) is 24.1 Å². The first-order valence-electron chi connectivity index (χ1n) is 11.2. The number of nitrogens with zero attached hydrogens (tertiary/aromatic N) is 2. The van der Waals surface area contributed by atoms with Crippen LogP contribution in [-0.4, -0.2) is 66.9 Å². The average molecular weight is 472 g/mol. The largest absolute Gasteiger partial charge is 0.490 e. The summed E-state index contributed by atoms with van der Waals surface area (Å²) in [6.07, 6.45) is 1.09. The Balaban J connectivity index is 1.48. The molecule has 3 N–H and O–H groups in total. The first-order chi connectivity index (χ1) is 16.3. The van der Waals surface area contributed by atoms with Crippen LogP contribution in [-0.2, 0) is 9.53 Å². The molecular weight excluding hydrogens is 442 g/mol. The number of likely N-dealkylation sites (N-methyl/N-ethyl adjacent to an activating group) is 1. The molecule has 0 aliphatic carbocycles. The summed E-state index contributed by atoms with van der Waals surface area (Å²) in [6, 6.07) is 4.25. The molecule has 11 heteroatoms. The molecule has 0 spiro atoms. The highest BCUT2D eigenvalue weighted by Gasteiger charge is 2.39. The topological polar surface area (TPSA) is 135 Å². The zero-order valence-electron chi connectivity index (χ0n) is 19.6. The molecule has 182 valence electrons. The van der Waals surface area contributed by atoms with Crippen LogP contribution in [0.5, 0.6) is 5.75 Å². The van der Waals surface area contributed by atoms with Crippen molar-refractivity contribution in [3.05, 3.63) is 35.2 Å². The number of fused-ring (bicyclic) bond motifs is 2. The van der Waals surface area contributed by atoms with Gasteiger partial charge >= 0.3 is 6.03 Å². The molecule has 4 rings (SSSR count). The van der Waals surface area contributed by atoms with Crippen LogP contribution in [0, 0.1) is 13.8 Å². The second-order valence-corrected chi connectivity index (χ2v) is 8.53. The van der Waals surface area contributed by atoms with Gasteiger partial charge in [-0.3, -0.25) is 9.59 Å². The van der Waals surface area contributed by atoms with Crippen molar-refractivity contribution < 1.29 is 28.4 Å².